The Labute approximate surface area is 145 Å². The summed E-state index contributed by atoms with van der Waals surface area (Å²) in [5.74, 6) is 1.50. The SMILES string of the molecule is C[C@@H]1CCc2onc(C(=O)N3CCN(C(=O)c4ccco4)CC3)c2C1. The van der Waals surface area contributed by atoms with Crippen molar-refractivity contribution in [1.82, 2.24) is 15.0 Å². The fourth-order valence-electron chi connectivity index (χ4n) is 3.56. The van der Waals surface area contributed by atoms with Gasteiger partial charge >= 0.3 is 0 Å². The van der Waals surface area contributed by atoms with Crippen molar-refractivity contribution in [2.24, 2.45) is 5.92 Å². The van der Waals surface area contributed by atoms with Crippen LogP contribution in [0.5, 0.6) is 0 Å². The van der Waals surface area contributed by atoms with E-state index in [1.807, 2.05) is 0 Å². The lowest BCUT2D eigenvalue weighted by molar-refractivity contribution is 0.0512. The topological polar surface area (TPSA) is 79.8 Å². The first-order valence-electron chi connectivity index (χ1n) is 8.73. The highest BCUT2D eigenvalue weighted by Gasteiger charge is 2.32. The minimum absolute atomic E-state index is 0.0933. The van der Waals surface area contributed by atoms with Crippen LogP contribution in [0.25, 0.3) is 0 Å². The number of fused-ring (bicyclic) bond motifs is 1. The predicted octanol–water partition coefficient (Wildman–Crippen LogP) is 1.99. The summed E-state index contributed by atoms with van der Waals surface area (Å²) in [7, 11) is 0. The van der Waals surface area contributed by atoms with E-state index < -0.39 is 0 Å². The minimum atomic E-state index is -0.135. The molecule has 132 valence electrons. The van der Waals surface area contributed by atoms with Gasteiger partial charge in [0, 0.05) is 38.2 Å². The molecule has 0 radical (unpaired) electrons. The summed E-state index contributed by atoms with van der Waals surface area (Å²) in [4.78, 5) is 28.6. The molecular formula is C18H21N3O4. The molecule has 1 aliphatic carbocycles. The lowest BCUT2D eigenvalue weighted by Gasteiger charge is -2.34. The van der Waals surface area contributed by atoms with Crippen molar-refractivity contribution < 1.29 is 18.5 Å². The number of hydrogen-bond donors (Lipinski definition) is 0. The van der Waals surface area contributed by atoms with Gasteiger partial charge in [-0.25, -0.2) is 0 Å². The van der Waals surface area contributed by atoms with Crippen LogP contribution in [-0.2, 0) is 12.8 Å². The number of nitrogens with zero attached hydrogens (tertiary/aromatic N) is 3. The first-order chi connectivity index (χ1) is 12.1. The van der Waals surface area contributed by atoms with E-state index in [9.17, 15) is 9.59 Å². The molecule has 0 unspecified atom stereocenters. The van der Waals surface area contributed by atoms with Gasteiger partial charge in [-0.3, -0.25) is 9.59 Å². The fourth-order valence-corrected chi connectivity index (χ4v) is 3.56. The van der Waals surface area contributed by atoms with Gasteiger partial charge < -0.3 is 18.7 Å². The lowest BCUT2D eigenvalue weighted by atomic mass is 9.88. The maximum Gasteiger partial charge on any atom is 0.289 e. The van der Waals surface area contributed by atoms with Gasteiger partial charge in [0.2, 0.25) is 0 Å². The number of furan rings is 1. The quantitative estimate of drug-likeness (QED) is 0.833. The highest BCUT2D eigenvalue weighted by molar-refractivity contribution is 5.94. The Morgan fingerprint density at radius 2 is 1.88 bits per heavy atom. The largest absolute Gasteiger partial charge is 0.459 e. The number of aromatic nitrogens is 1. The number of carbonyl (C=O) groups is 2. The van der Waals surface area contributed by atoms with E-state index in [0.29, 0.717) is 43.6 Å². The van der Waals surface area contributed by atoms with Crippen molar-refractivity contribution in [3.8, 4) is 0 Å². The molecule has 2 amide bonds. The summed E-state index contributed by atoms with van der Waals surface area (Å²) in [6.45, 7) is 4.14. The normalized spacial score (nSPS) is 20.4. The van der Waals surface area contributed by atoms with Crippen molar-refractivity contribution in [3.63, 3.8) is 0 Å². The Morgan fingerprint density at radius 3 is 2.56 bits per heavy atom. The van der Waals surface area contributed by atoms with E-state index in [0.717, 1.165) is 30.6 Å². The fraction of sp³-hybridized carbons (Fsp3) is 0.500. The van der Waals surface area contributed by atoms with Gasteiger partial charge in [0.25, 0.3) is 11.8 Å². The van der Waals surface area contributed by atoms with Crippen LogP contribution in [-0.4, -0.2) is 52.9 Å². The van der Waals surface area contributed by atoms with Crippen LogP contribution in [0.2, 0.25) is 0 Å². The van der Waals surface area contributed by atoms with Gasteiger partial charge in [-0.1, -0.05) is 12.1 Å². The molecule has 1 fully saturated rings. The van der Waals surface area contributed by atoms with Crippen molar-refractivity contribution >= 4 is 11.8 Å². The zero-order valence-electron chi connectivity index (χ0n) is 14.2. The Kier molecular flexibility index (Phi) is 4.07. The molecule has 3 heterocycles. The molecule has 0 saturated carbocycles. The summed E-state index contributed by atoms with van der Waals surface area (Å²) in [6.07, 6.45) is 4.25. The molecule has 0 N–H and O–H groups in total. The van der Waals surface area contributed by atoms with E-state index in [1.165, 1.54) is 6.26 Å². The summed E-state index contributed by atoms with van der Waals surface area (Å²) in [5.41, 5.74) is 1.42. The Hall–Kier alpha value is -2.57. The lowest BCUT2D eigenvalue weighted by Crippen LogP contribution is -2.50. The van der Waals surface area contributed by atoms with E-state index >= 15 is 0 Å². The molecule has 1 aliphatic heterocycles. The first-order valence-corrected chi connectivity index (χ1v) is 8.73. The summed E-state index contributed by atoms with van der Waals surface area (Å²) in [5, 5.41) is 4.04. The second-order valence-corrected chi connectivity index (χ2v) is 6.84. The standard InChI is InChI=1S/C18H21N3O4/c1-12-4-5-14-13(11-12)16(19-25-14)18(23)21-8-6-20(7-9-21)17(22)15-3-2-10-24-15/h2-3,10,12H,4-9,11H2,1H3/t12-/m1/s1. The Morgan fingerprint density at radius 1 is 1.16 bits per heavy atom. The zero-order valence-corrected chi connectivity index (χ0v) is 14.2. The molecule has 2 aromatic heterocycles. The van der Waals surface area contributed by atoms with Crippen LogP contribution in [0.1, 0.15) is 45.7 Å². The number of aryl methyl sites for hydroxylation is 1. The maximum absolute atomic E-state index is 12.8. The molecule has 4 rings (SSSR count). The van der Waals surface area contributed by atoms with Crippen LogP contribution in [0.3, 0.4) is 0 Å². The first kappa shape index (κ1) is 15.9. The molecule has 1 saturated heterocycles. The van der Waals surface area contributed by atoms with Crippen molar-refractivity contribution in [3.05, 3.63) is 41.2 Å². The average molecular weight is 343 g/mol. The second kappa shape index (κ2) is 6.38. The summed E-state index contributed by atoms with van der Waals surface area (Å²) >= 11 is 0. The van der Waals surface area contributed by atoms with Crippen molar-refractivity contribution in [2.75, 3.05) is 26.2 Å². The zero-order chi connectivity index (χ0) is 17.4. The highest BCUT2D eigenvalue weighted by Crippen LogP contribution is 2.28. The monoisotopic (exact) mass is 343 g/mol. The summed E-state index contributed by atoms with van der Waals surface area (Å²) < 4.78 is 10.5. The third-order valence-electron chi connectivity index (χ3n) is 5.07. The van der Waals surface area contributed by atoms with Crippen LogP contribution >= 0.6 is 0 Å². The minimum Gasteiger partial charge on any atom is -0.459 e. The molecule has 0 spiro atoms. The summed E-state index contributed by atoms with van der Waals surface area (Å²) in [6, 6.07) is 3.35. The highest BCUT2D eigenvalue weighted by atomic mass is 16.5. The molecule has 7 heteroatoms. The van der Waals surface area contributed by atoms with Gasteiger partial charge in [0.05, 0.1) is 6.26 Å². The maximum atomic E-state index is 12.8. The van der Waals surface area contributed by atoms with Crippen LogP contribution in [0, 0.1) is 5.92 Å². The predicted molar refractivity (Wildman–Crippen MR) is 88.2 cm³/mol. The molecule has 0 aromatic carbocycles. The molecule has 1 atom stereocenters. The molecule has 0 bridgehead atoms. The third kappa shape index (κ3) is 2.94. The van der Waals surface area contributed by atoms with Crippen LogP contribution in [0.15, 0.2) is 27.3 Å². The van der Waals surface area contributed by atoms with Gasteiger partial charge in [0.1, 0.15) is 5.76 Å². The third-order valence-corrected chi connectivity index (χ3v) is 5.07. The Balaban J connectivity index is 1.42. The van der Waals surface area contributed by atoms with Gasteiger partial charge in [-0.15, -0.1) is 0 Å². The van der Waals surface area contributed by atoms with Crippen molar-refractivity contribution in [2.45, 2.75) is 26.2 Å². The van der Waals surface area contributed by atoms with E-state index in [2.05, 4.69) is 12.1 Å². The van der Waals surface area contributed by atoms with Crippen molar-refractivity contribution in [1.29, 1.82) is 0 Å². The van der Waals surface area contributed by atoms with Crippen LogP contribution < -0.4 is 0 Å². The molecule has 7 nitrogen and oxygen atoms in total. The van der Waals surface area contributed by atoms with E-state index in [4.69, 9.17) is 8.94 Å². The van der Waals surface area contributed by atoms with Gasteiger partial charge in [-0.05, 0) is 30.9 Å². The molecule has 25 heavy (non-hydrogen) atoms. The second-order valence-electron chi connectivity index (χ2n) is 6.84. The van der Waals surface area contributed by atoms with Gasteiger partial charge in [-0.2, -0.15) is 0 Å². The smallest absolute Gasteiger partial charge is 0.289 e. The van der Waals surface area contributed by atoms with E-state index in [-0.39, 0.29) is 11.8 Å². The van der Waals surface area contributed by atoms with Crippen LogP contribution in [0.4, 0.5) is 0 Å². The number of rotatable bonds is 2. The molecule has 2 aliphatic rings. The number of piperazine rings is 1. The number of hydrogen-bond acceptors (Lipinski definition) is 5. The Bertz CT molecular complexity index is 772. The number of carbonyl (C=O) groups excluding carboxylic acids is 2. The molecular weight excluding hydrogens is 322 g/mol. The van der Waals surface area contributed by atoms with Gasteiger partial charge in [0.15, 0.2) is 11.5 Å². The van der Waals surface area contributed by atoms with E-state index in [1.54, 1.807) is 21.9 Å². The number of amides is 2. The molecule has 2 aromatic rings. The average Bonchev–Trinajstić information content (AvgIpc) is 3.30.